The summed E-state index contributed by atoms with van der Waals surface area (Å²) in [7, 11) is 0. The van der Waals surface area contributed by atoms with Crippen LogP contribution in [0.1, 0.15) is 22.3 Å². The second kappa shape index (κ2) is 10.1. The number of aliphatic hydroxyl groups is 1. The third kappa shape index (κ3) is 4.19. The average molecular weight is 557 g/mol. The molecule has 0 bridgehead atoms. The van der Waals surface area contributed by atoms with E-state index in [0.717, 1.165) is 23.5 Å². The Morgan fingerprint density at radius 3 is 2.82 bits per heavy atom. The number of aliphatic hydroxyl groups excluding tert-OH is 1. The molecule has 1 atom stereocenters. The Labute approximate surface area is 224 Å². The lowest BCUT2D eigenvalue weighted by Crippen LogP contribution is -2.57. The van der Waals surface area contributed by atoms with E-state index in [1.54, 1.807) is 4.90 Å². The van der Waals surface area contributed by atoms with Crippen LogP contribution in [-0.2, 0) is 4.79 Å². The summed E-state index contributed by atoms with van der Waals surface area (Å²) in [6, 6.07) is 5.04. The molecule has 0 spiro atoms. The van der Waals surface area contributed by atoms with E-state index in [1.807, 2.05) is 6.07 Å². The monoisotopic (exact) mass is 556 g/mol. The zero-order chi connectivity index (χ0) is 27.1. The van der Waals surface area contributed by atoms with Crippen LogP contribution >= 0.6 is 22.9 Å². The minimum atomic E-state index is -0.850. The second-order valence-electron chi connectivity index (χ2n) is 8.68. The zero-order valence-electron chi connectivity index (χ0n) is 19.7. The van der Waals surface area contributed by atoms with Gasteiger partial charge in [-0.25, -0.2) is 8.78 Å². The van der Waals surface area contributed by atoms with Crippen LogP contribution in [-0.4, -0.2) is 65.6 Å². The number of nitrogen functional groups attached to an aromatic ring is 1. The molecule has 0 aliphatic carbocycles. The first-order valence-electron chi connectivity index (χ1n) is 11.5. The fourth-order valence-electron chi connectivity index (χ4n) is 4.86. The number of nitrogens with two attached hydrogens (primary N) is 1. The van der Waals surface area contributed by atoms with Crippen molar-refractivity contribution in [3.63, 3.8) is 0 Å². The van der Waals surface area contributed by atoms with E-state index < -0.39 is 36.1 Å². The number of nitriles is 1. The summed E-state index contributed by atoms with van der Waals surface area (Å²) < 4.78 is 36.2. The van der Waals surface area contributed by atoms with E-state index >= 15 is 4.39 Å². The summed E-state index contributed by atoms with van der Waals surface area (Å²) in [5, 5.41) is 18.5. The number of amides is 2. The summed E-state index contributed by atoms with van der Waals surface area (Å²) in [5.41, 5.74) is 5.88. The molecule has 3 aromatic rings. The van der Waals surface area contributed by atoms with E-state index in [-0.39, 0.29) is 74.4 Å². The van der Waals surface area contributed by atoms with Gasteiger partial charge in [0.25, 0.3) is 11.8 Å². The molecule has 2 amide bonds. The van der Waals surface area contributed by atoms with Crippen LogP contribution in [0.2, 0.25) is 5.02 Å². The number of ether oxygens (including phenoxy) is 1. The van der Waals surface area contributed by atoms with Crippen LogP contribution in [0.3, 0.4) is 0 Å². The smallest absolute Gasteiger partial charge is 0.298 e. The van der Waals surface area contributed by atoms with Crippen LogP contribution in [0, 0.1) is 34.8 Å². The number of anilines is 1. The Hall–Kier alpha value is -3.90. The Bertz CT molecular complexity index is 1610. The van der Waals surface area contributed by atoms with Crippen LogP contribution in [0.4, 0.5) is 13.8 Å². The molecule has 38 heavy (non-hydrogen) atoms. The number of piperazine rings is 1. The second-order valence-corrected chi connectivity index (χ2v) is 10.1. The van der Waals surface area contributed by atoms with Crippen molar-refractivity contribution in [2.45, 2.75) is 12.5 Å². The van der Waals surface area contributed by atoms with Crippen LogP contribution in [0.15, 0.2) is 18.2 Å². The first-order valence-corrected chi connectivity index (χ1v) is 12.7. The summed E-state index contributed by atoms with van der Waals surface area (Å²) in [5.74, 6) is 2.24. The van der Waals surface area contributed by atoms with Crippen molar-refractivity contribution < 1.29 is 28.2 Å². The van der Waals surface area contributed by atoms with Gasteiger partial charge in [-0.3, -0.25) is 9.59 Å². The number of rotatable bonds is 1. The highest BCUT2D eigenvalue weighted by Gasteiger charge is 2.37. The van der Waals surface area contributed by atoms with Crippen molar-refractivity contribution in [1.82, 2.24) is 9.80 Å². The molecule has 3 N–H and O–H groups in total. The maximum atomic E-state index is 15.7. The maximum Gasteiger partial charge on any atom is 0.298 e. The lowest BCUT2D eigenvalue weighted by Gasteiger charge is -2.42. The standard InChI is InChI=1S/C26H19ClF2N4O4S/c27-22-21(14-3-4-17(28)24-20(14)16(11-30)25(31)38-24)18(29)10-15-23(22)37-9-5-13-12-32(19(35)2-1-8-34)6-7-33(13)26(15)36/h3-4,10,13,34H,5-9,12,31H2. The van der Waals surface area contributed by atoms with Crippen molar-refractivity contribution in [3.05, 3.63) is 46.0 Å². The van der Waals surface area contributed by atoms with Gasteiger partial charge in [0, 0.05) is 37.0 Å². The van der Waals surface area contributed by atoms with E-state index in [9.17, 15) is 19.2 Å². The lowest BCUT2D eigenvalue weighted by molar-refractivity contribution is -0.127. The molecule has 12 heteroatoms. The number of hydrogen-bond acceptors (Lipinski definition) is 7. The van der Waals surface area contributed by atoms with Gasteiger partial charge < -0.3 is 25.4 Å². The van der Waals surface area contributed by atoms with Crippen LogP contribution in [0.25, 0.3) is 21.2 Å². The molecule has 2 aliphatic rings. The fraction of sp³-hybridized carbons (Fsp3) is 0.269. The molecule has 194 valence electrons. The van der Waals surface area contributed by atoms with Gasteiger partial charge in [0.15, 0.2) is 5.75 Å². The topological polar surface area (TPSA) is 120 Å². The highest BCUT2D eigenvalue weighted by Crippen LogP contribution is 2.47. The number of fused-ring (bicyclic) bond motifs is 3. The molecule has 8 nitrogen and oxygen atoms in total. The molecule has 0 radical (unpaired) electrons. The van der Waals surface area contributed by atoms with Gasteiger partial charge in [-0.15, -0.1) is 11.3 Å². The van der Waals surface area contributed by atoms with Gasteiger partial charge >= 0.3 is 0 Å². The first-order chi connectivity index (χ1) is 18.3. The van der Waals surface area contributed by atoms with Crippen LogP contribution < -0.4 is 10.5 Å². The van der Waals surface area contributed by atoms with E-state index in [0.29, 0.717) is 6.42 Å². The molecular weight excluding hydrogens is 538 g/mol. The van der Waals surface area contributed by atoms with Crippen molar-refractivity contribution in [2.24, 2.45) is 0 Å². The lowest BCUT2D eigenvalue weighted by atomic mass is 9.95. The first kappa shape index (κ1) is 25.7. The molecule has 3 heterocycles. The molecule has 1 saturated heterocycles. The van der Waals surface area contributed by atoms with Gasteiger partial charge in [0.2, 0.25) is 0 Å². The average Bonchev–Trinajstić information content (AvgIpc) is 3.25. The predicted molar refractivity (Wildman–Crippen MR) is 138 cm³/mol. The Morgan fingerprint density at radius 2 is 2.08 bits per heavy atom. The largest absolute Gasteiger partial charge is 0.491 e. The molecule has 0 saturated carbocycles. The van der Waals surface area contributed by atoms with Gasteiger partial charge in [0.1, 0.15) is 29.3 Å². The number of carbonyl (C=O) groups is 2. The quantitative estimate of drug-likeness (QED) is 0.443. The Kier molecular flexibility index (Phi) is 6.84. The highest BCUT2D eigenvalue weighted by molar-refractivity contribution is 7.23. The van der Waals surface area contributed by atoms with E-state index in [1.165, 1.54) is 11.0 Å². The fourth-order valence-corrected chi connectivity index (χ4v) is 6.15. The molecule has 1 aromatic heterocycles. The maximum absolute atomic E-state index is 15.7. The number of thiophene rings is 1. The number of nitrogens with zero attached hydrogens (tertiary/aromatic N) is 3. The van der Waals surface area contributed by atoms with Gasteiger partial charge in [-0.05, 0) is 23.6 Å². The summed E-state index contributed by atoms with van der Waals surface area (Å²) in [6.45, 7) is 0.296. The third-order valence-electron chi connectivity index (χ3n) is 6.61. The predicted octanol–water partition coefficient (Wildman–Crippen LogP) is 3.38. The normalized spacial score (nSPS) is 16.9. The Balaban J connectivity index is 1.57. The van der Waals surface area contributed by atoms with Gasteiger partial charge in [-0.2, -0.15) is 5.26 Å². The van der Waals surface area contributed by atoms with E-state index in [4.69, 9.17) is 27.2 Å². The SMILES string of the molecule is N#Cc1c(N)sc2c(F)ccc(-c3c(F)cc4c(c3Cl)OCCC3CN(C(=O)C#CCO)CCN3C4=O)c12. The van der Waals surface area contributed by atoms with Crippen LogP contribution in [0.5, 0.6) is 5.75 Å². The minimum Gasteiger partial charge on any atom is -0.491 e. The number of hydrogen-bond donors (Lipinski definition) is 2. The molecule has 5 rings (SSSR count). The van der Waals surface area contributed by atoms with E-state index in [2.05, 4.69) is 11.8 Å². The minimum absolute atomic E-state index is 0.0117. The molecule has 2 aromatic carbocycles. The summed E-state index contributed by atoms with van der Waals surface area (Å²) in [6.07, 6.45) is 0.367. The number of carbonyl (C=O) groups excluding carboxylic acids is 2. The highest BCUT2D eigenvalue weighted by atomic mass is 35.5. The van der Waals surface area contributed by atoms with Crippen molar-refractivity contribution in [2.75, 3.05) is 38.6 Å². The van der Waals surface area contributed by atoms with Crippen molar-refractivity contribution >= 4 is 49.8 Å². The third-order valence-corrected chi connectivity index (χ3v) is 7.99. The number of benzene rings is 2. The van der Waals surface area contributed by atoms with Crippen molar-refractivity contribution in [1.29, 1.82) is 5.26 Å². The zero-order valence-corrected chi connectivity index (χ0v) is 21.3. The molecule has 1 unspecified atom stereocenters. The molecular formula is C26H19ClF2N4O4S. The Morgan fingerprint density at radius 1 is 1.29 bits per heavy atom. The summed E-state index contributed by atoms with van der Waals surface area (Å²) >= 11 is 7.54. The molecule has 1 fully saturated rings. The van der Waals surface area contributed by atoms with Crippen molar-refractivity contribution in [3.8, 4) is 34.8 Å². The summed E-state index contributed by atoms with van der Waals surface area (Å²) in [4.78, 5) is 28.9. The molecule has 2 aliphatic heterocycles. The van der Waals surface area contributed by atoms with Gasteiger partial charge in [-0.1, -0.05) is 23.6 Å². The number of halogens is 3. The van der Waals surface area contributed by atoms with Gasteiger partial charge in [0.05, 0.1) is 33.5 Å².